The number of rotatable bonds is 6. The average Bonchev–Trinajstić information content (AvgIpc) is 1.58. The zero-order valence-corrected chi connectivity index (χ0v) is 91.0. The molecule has 0 aromatic carbocycles. The molecule has 54 atom stereocenters. The van der Waals surface area contributed by atoms with Crippen molar-refractivity contribution in [1.29, 1.82) is 0 Å². The second-order valence-electron chi connectivity index (χ2n) is 50.4. The largest absolute Gasteiger partial charge is 3.00 e. The minimum Gasteiger partial charge on any atom is -0.748 e. The molecule has 0 amide bonds. The van der Waals surface area contributed by atoms with Gasteiger partial charge in [0.1, 0.15) is 0 Å². The minimum absolute atomic E-state index is 0. The Balaban J connectivity index is 0.000000120. The fraction of sp³-hybridized carbons (Fsp3) is 1.00. The molecule has 12 saturated carbocycles. The predicted octanol–water partition coefficient (Wildman–Crippen LogP) is -1.80. The van der Waals surface area contributed by atoms with Gasteiger partial charge in [-0.15, -0.1) is 0 Å². The first kappa shape index (κ1) is 108. The van der Waals surface area contributed by atoms with E-state index in [1.807, 2.05) is 0 Å². The summed E-state index contributed by atoms with van der Waals surface area (Å²) in [5.41, 5.74) is 0. The van der Waals surface area contributed by atoms with E-state index in [2.05, 4.69) is 128 Å². The molecule has 12 aliphatic carbocycles. The van der Waals surface area contributed by atoms with E-state index in [0.717, 1.165) is 135 Å². The predicted molar refractivity (Wildman–Crippen MR) is 536 cm³/mol. The molecule has 0 aromatic rings. The van der Waals surface area contributed by atoms with Crippen LogP contribution in [0.3, 0.4) is 0 Å². The monoisotopic (exact) mass is 2190 g/mol. The van der Waals surface area contributed by atoms with Crippen molar-refractivity contribution >= 4 is 95.4 Å². The summed E-state index contributed by atoms with van der Waals surface area (Å²) in [5, 5.41) is 83.1. The molecular formula is C96H162Al2N24O18S6. The van der Waals surface area contributed by atoms with Crippen molar-refractivity contribution in [2.24, 2.45) is 142 Å². The topological polar surface area (TPSA) is 632 Å². The first-order chi connectivity index (χ1) is 69.1. The van der Waals surface area contributed by atoms with E-state index < -0.39 is 128 Å². The molecule has 54 unspecified atom stereocenters. The fourth-order valence-electron chi connectivity index (χ4n) is 38.0. The molecule has 27 rings (SSSR count). The van der Waals surface area contributed by atoms with Gasteiger partial charge >= 0.3 is 34.7 Å². The average molecular weight is 2190 g/mol. The van der Waals surface area contributed by atoms with E-state index >= 15 is 0 Å². The van der Waals surface area contributed by atoms with Crippen LogP contribution in [-0.2, 0) is 60.7 Å². The van der Waals surface area contributed by atoms with Gasteiger partial charge in [0.15, 0.2) is 0 Å². The normalized spacial score (nSPS) is 53.1. The van der Waals surface area contributed by atoms with E-state index in [4.69, 9.17) is 0 Å². The molecule has 816 valence electrons. The summed E-state index contributed by atoms with van der Waals surface area (Å²) in [6, 6.07) is 0. The Bertz CT molecular complexity index is 4840. The molecule has 24 N–H and O–H groups in total. The van der Waals surface area contributed by atoms with Crippen molar-refractivity contribution in [3.05, 3.63) is 0 Å². The number of hydrogen-bond acceptors (Lipinski definition) is 42. The van der Waals surface area contributed by atoms with Crippen LogP contribution in [-0.4, -0.2) is 292 Å². The summed E-state index contributed by atoms with van der Waals surface area (Å²) in [5.74, 6) is 4.25. The SMILES string of the molecule is O=S(=O)([O-])C1CCC2C3NC4NC(NC5NC(NC6NC(NC(N3)C2C1S(=O)(=O)[O-])C1CCCCC61)C1CCCCC51)C1CCCCC41.O=S(=O)([O-])C1CCC2C3NC4NC(NC5NC(NC6NC(NC(N3)C2C1S(=O)(=O)[O-])C1CCCCC61)C1CCCCC51)C1CCCCC41.O=S(=O)([O-])C1CCC2C3NC4NC(NC5NC(NC6NC(NC(N3)C2C1S(=O)(=O)[O-])C1CCCCC61)C1CCCCC51)C1CCCCC41.[Al+3].[Al+3]. The summed E-state index contributed by atoms with van der Waals surface area (Å²) < 4.78 is 229. The Hall–Kier alpha value is -0.435. The van der Waals surface area contributed by atoms with Crippen molar-refractivity contribution in [2.45, 2.75) is 449 Å². The molecule has 27 fully saturated rings. The van der Waals surface area contributed by atoms with E-state index in [1.54, 1.807) is 0 Å². The standard InChI is InChI=1S/3C32H56N8O6S2.2Al/c3*41-47(42,43)22-14-13-21-23(24(22)48(44,45)46)32-39-30-20-12-6-5-11-19(20)28(37-30)35-26-16-8-2-1-7-15(16)25(33-26)34-27-17-9-3-4-10-18(17)29(36-27)38-31(21)40-32;;/h3*15-40H,1-14H2,(H,41,42,43)(H,44,45,46);;/q;;;2*+3/p-6. The summed E-state index contributed by atoms with van der Waals surface area (Å²) in [4.78, 5) is 0. The Kier molecular flexibility index (Phi) is 31.8. The summed E-state index contributed by atoms with van der Waals surface area (Å²) in [6.45, 7) is 0. The van der Waals surface area contributed by atoms with E-state index in [1.165, 1.54) is 96.3 Å². The van der Waals surface area contributed by atoms with Gasteiger partial charge < -0.3 is 27.3 Å². The number of fused-ring (bicyclic) bond motifs is 60. The summed E-state index contributed by atoms with van der Waals surface area (Å²) in [7, 11) is -30.4. The molecule has 27 aliphatic rings. The summed E-state index contributed by atoms with van der Waals surface area (Å²) in [6.07, 6.45) is 40.6. The molecule has 15 aliphatic heterocycles. The zero-order valence-electron chi connectivity index (χ0n) is 83.8. The molecular weight excluding hydrogens is 2020 g/mol. The van der Waals surface area contributed by atoms with Gasteiger partial charge in [0.25, 0.3) is 0 Å². The number of nitrogens with one attached hydrogen (secondary N) is 24. The Labute approximate surface area is 885 Å². The van der Waals surface area contributed by atoms with Gasteiger partial charge in [0, 0.05) is 17.8 Å². The van der Waals surface area contributed by atoms with Gasteiger partial charge in [-0.2, -0.15) is 0 Å². The smallest absolute Gasteiger partial charge is 0.748 e. The fourth-order valence-corrected chi connectivity index (χ4v) is 47.0. The van der Waals surface area contributed by atoms with Crippen molar-refractivity contribution in [3.63, 3.8) is 0 Å². The van der Waals surface area contributed by atoms with Crippen LogP contribution in [0, 0.1) is 142 Å². The van der Waals surface area contributed by atoms with Crippen LogP contribution in [0.25, 0.3) is 0 Å². The molecule has 0 aromatic heterocycles. The van der Waals surface area contributed by atoms with Crippen LogP contribution in [0.15, 0.2) is 0 Å². The van der Waals surface area contributed by atoms with Gasteiger partial charge in [0.05, 0.1) is 240 Å². The molecule has 50 heteroatoms. The van der Waals surface area contributed by atoms with Crippen molar-refractivity contribution < 1.29 is 77.8 Å². The van der Waals surface area contributed by atoms with Crippen LogP contribution in [0.1, 0.15) is 270 Å². The Morgan fingerprint density at radius 2 is 0.219 bits per heavy atom. The molecule has 15 heterocycles. The van der Waals surface area contributed by atoms with Crippen molar-refractivity contribution in [2.75, 3.05) is 0 Å². The Morgan fingerprint density at radius 3 is 0.315 bits per heavy atom. The number of hydrogen-bond donors (Lipinski definition) is 24. The van der Waals surface area contributed by atoms with Crippen molar-refractivity contribution in [3.8, 4) is 0 Å². The maximum atomic E-state index is 13.0. The third-order valence-electron chi connectivity index (χ3n) is 43.8. The molecule has 15 saturated heterocycles. The van der Waals surface area contributed by atoms with Crippen LogP contribution in [0.4, 0.5) is 0 Å². The molecule has 146 heavy (non-hydrogen) atoms. The van der Waals surface area contributed by atoms with E-state index in [-0.39, 0.29) is 201 Å². The molecule has 0 radical (unpaired) electrons. The van der Waals surface area contributed by atoms with Gasteiger partial charge in [-0.1, -0.05) is 116 Å². The van der Waals surface area contributed by atoms with E-state index in [9.17, 15) is 77.8 Å². The van der Waals surface area contributed by atoms with E-state index in [0.29, 0.717) is 126 Å². The molecule has 0 spiro atoms. The van der Waals surface area contributed by atoms with Crippen LogP contribution >= 0.6 is 0 Å². The summed E-state index contributed by atoms with van der Waals surface area (Å²) >= 11 is 0. The van der Waals surface area contributed by atoms with Crippen LogP contribution in [0.2, 0.25) is 0 Å². The molecule has 24 bridgehead atoms. The second-order valence-corrected chi connectivity index (χ2v) is 59.8. The van der Waals surface area contributed by atoms with Crippen LogP contribution in [0.5, 0.6) is 0 Å². The van der Waals surface area contributed by atoms with Crippen LogP contribution < -0.4 is 128 Å². The first-order valence-electron chi connectivity index (χ1n) is 57.1. The van der Waals surface area contributed by atoms with Gasteiger partial charge in [0.2, 0.25) is 0 Å². The van der Waals surface area contributed by atoms with Gasteiger partial charge in [-0.05, 0) is 278 Å². The maximum absolute atomic E-state index is 13.0. The van der Waals surface area contributed by atoms with Gasteiger partial charge in [-0.3, -0.25) is 128 Å². The third kappa shape index (κ3) is 20.5. The molecule has 42 nitrogen and oxygen atoms in total. The van der Waals surface area contributed by atoms with Gasteiger partial charge in [-0.25, -0.2) is 50.5 Å². The zero-order chi connectivity index (χ0) is 98.8. The minimum atomic E-state index is -5.12. The quantitative estimate of drug-likeness (QED) is 0.103. The van der Waals surface area contributed by atoms with Crippen molar-refractivity contribution in [1.82, 2.24) is 128 Å². The Morgan fingerprint density at radius 1 is 0.123 bits per heavy atom. The first-order valence-corrected chi connectivity index (χ1v) is 65.9. The third-order valence-corrected chi connectivity index (χ3v) is 52.1. The second kappa shape index (κ2) is 42.9. The maximum Gasteiger partial charge on any atom is 3.00 e.